The van der Waals surface area contributed by atoms with Crippen molar-refractivity contribution in [3.05, 3.63) is 27.0 Å². The number of carbonyl (C=O) groups is 1. The maximum absolute atomic E-state index is 11.8. The number of ether oxygens (including phenoxy) is 1. The van der Waals surface area contributed by atoms with Crippen LogP contribution in [0.2, 0.25) is 0 Å². The van der Waals surface area contributed by atoms with Gasteiger partial charge in [0.05, 0.1) is 6.61 Å². The Bertz CT molecular complexity index is 675. The summed E-state index contributed by atoms with van der Waals surface area (Å²) in [5.41, 5.74) is -1.80. The molecule has 0 saturated heterocycles. The molecule has 1 heterocycles. The highest BCUT2D eigenvalue weighted by molar-refractivity contribution is 7.89. The fourth-order valence-corrected chi connectivity index (χ4v) is 2.42. The van der Waals surface area contributed by atoms with Gasteiger partial charge in [0.2, 0.25) is 10.0 Å². The van der Waals surface area contributed by atoms with Gasteiger partial charge >= 0.3 is 11.7 Å². The fourth-order valence-electron chi connectivity index (χ4n) is 1.35. The second-order valence-corrected chi connectivity index (χ2v) is 5.48. The van der Waals surface area contributed by atoms with Crippen LogP contribution >= 0.6 is 0 Å². The third-order valence-corrected chi connectivity index (χ3v) is 3.70. The van der Waals surface area contributed by atoms with Crippen LogP contribution in [-0.4, -0.2) is 37.5 Å². The minimum Gasteiger partial charge on any atom is -0.466 e. The van der Waals surface area contributed by atoms with Crippen LogP contribution in [0.3, 0.4) is 0 Å². The van der Waals surface area contributed by atoms with Crippen LogP contribution in [0.4, 0.5) is 0 Å². The molecule has 0 unspecified atom stereocenters. The second-order valence-electron chi connectivity index (χ2n) is 3.74. The normalized spacial score (nSPS) is 11.2. The lowest BCUT2D eigenvalue weighted by atomic mass is 10.3. The average Bonchev–Trinajstić information content (AvgIpc) is 2.34. The Morgan fingerprint density at radius 3 is 2.70 bits per heavy atom. The summed E-state index contributed by atoms with van der Waals surface area (Å²) in [6.07, 6.45) is 1.12. The Balaban J connectivity index is 2.60. The molecule has 0 saturated carbocycles. The number of aromatic amines is 2. The standard InChI is InChI=1S/C10H15N3O6S/c1-2-19-8(14)4-3-5-12-20(17,18)7-6-11-10(16)13-9(7)15/h6,12H,2-5H2,1H3,(H2,11,13,15,16). The van der Waals surface area contributed by atoms with Gasteiger partial charge in [0.15, 0.2) is 4.90 Å². The molecule has 1 rings (SSSR count). The average molecular weight is 305 g/mol. The summed E-state index contributed by atoms with van der Waals surface area (Å²) in [6, 6.07) is 0. The molecule has 0 atom stereocenters. The number of aromatic nitrogens is 2. The summed E-state index contributed by atoms with van der Waals surface area (Å²) in [6.45, 7) is 1.90. The van der Waals surface area contributed by atoms with Crippen LogP contribution < -0.4 is 16.0 Å². The van der Waals surface area contributed by atoms with E-state index in [0.29, 0.717) is 0 Å². The first-order valence-electron chi connectivity index (χ1n) is 5.84. The third kappa shape index (κ3) is 4.63. The van der Waals surface area contributed by atoms with E-state index in [1.54, 1.807) is 6.92 Å². The van der Waals surface area contributed by atoms with Gasteiger partial charge in [-0.3, -0.25) is 14.6 Å². The van der Waals surface area contributed by atoms with Gasteiger partial charge in [-0.2, -0.15) is 0 Å². The quantitative estimate of drug-likeness (QED) is 0.422. The lowest BCUT2D eigenvalue weighted by molar-refractivity contribution is -0.143. The molecule has 0 aliphatic rings. The summed E-state index contributed by atoms with van der Waals surface area (Å²) < 4.78 is 30.4. The molecule has 9 nitrogen and oxygen atoms in total. The number of H-pyrrole nitrogens is 2. The predicted octanol–water partition coefficient (Wildman–Crippen LogP) is -1.32. The van der Waals surface area contributed by atoms with Gasteiger partial charge in [0.1, 0.15) is 0 Å². The van der Waals surface area contributed by atoms with Crippen LogP contribution in [-0.2, 0) is 19.6 Å². The summed E-state index contributed by atoms with van der Waals surface area (Å²) in [5.74, 6) is -0.423. The monoisotopic (exact) mass is 305 g/mol. The van der Waals surface area contributed by atoms with Crippen molar-refractivity contribution in [1.29, 1.82) is 0 Å². The number of esters is 1. The van der Waals surface area contributed by atoms with E-state index >= 15 is 0 Å². The smallest absolute Gasteiger partial charge is 0.325 e. The molecular formula is C10H15N3O6S. The highest BCUT2D eigenvalue weighted by atomic mass is 32.2. The largest absolute Gasteiger partial charge is 0.466 e. The van der Waals surface area contributed by atoms with Gasteiger partial charge in [-0.15, -0.1) is 0 Å². The number of sulfonamides is 1. The summed E-state index contributed by atoms with van der Waals surface area (Å²) >= 11 is 0. The van der Waals surface area contributed by atoms with Gasteiger partial charge in [-0.1, -0.05) is 0 Å². The van der Waals surface area contributed by atoms with E-state index in [1.807, 2.05) is 4.98 Å². The molecule has 112 valence electrons. The Hall–Kier alpha value is -1.94. The van der Waals surface area contributed by atoms with Crippen molar-refractivity contribution in [2.24, 2.45) is 0 Å². The topological polar surface area (TPSA) is 138 Å². The molecule has 0 fully saturated rings. The SMILES string of the molecule is CCOC(=O)CCCNS(=O)(=O)c1c[nH]c(=O)[nH]c1=O. The predicted molar refractivity (Wildman–Crippen MR) is 68.7 cm³/mol. The number of rotatable bonds is 7. The van der Waals surface area contributed by atoms with Crippen LogP contribution in [0.5, 0.6) is 0 Å². The molecule has 0 aliphatic heterocycles. The first-order valence-corrected chi connectivity index (χ1v) is 7.32. The summed E-state index contributed by atoms with van der Waals surface area (Å²) in [7, 11) is -4.03. The van der Waals surface area contributed by atoms with E-state index < -0.39 is 32.1 Å². The van der Waals surface area contributed by atoms with E-state index in [-0.39, 0.29) is 26.0 Å². The molecule has 3 N–H and O–H groups in total. The molecule has 10 heteroatoms. The van der Waals surface area contributed by atoms with Crippen LogP contribution in [0.25, 0.3) is 0 Å². The molecule has 0 radical (unpaired) electrons. The van der Waals surface area contributed by atoms with Gasteiger partial charge in [-0.05, 0) is 13.3 Å². The first-order chi connectivity index (χ1) is 9.36. The maximum Gasteiger partial charge on any atom is 0.325 e. The first kappa shape index (κ1) is 16.1. The Kier molecular flexibility index (Phi) is 5.65. The lowest BCUT2D eigenvalue weighted by Crippen LogP contribution is -2.33. The summed E-state index contributed by atoms with van der Waals surface area (Å²) in [5, 5.41) is 0. The second kappa shape index (κ2) is 7.01. The van der Waals surface area contributed by atoms with E-state index in [1.165, 1.54) is 0 Å². The van der Waals surface area contributed by atoms with E-state index in [0.717, 1.165) is 6.20 Å². The van der Waals surface area contributed by atoms with Crippen molar-refractivity contribution in [2.75, 3.05) is 13.2 Å². The highest BCUT2D eigenvalue weighted by Crippen LogP contribution is 1.99. The number of hydrogen-bond donors (Lipinski definition) is 3. The molecule has 1 aromatic rings. The fraction of sp³-hybridized carbons (Fsp3) is 0.500. The summed E-state index contributed by atoms with van der Waals surface area (Å²) in [4.78, 5) is 36.5. The van der Waals surface area contributed by atoms with Crippen LogP contribution in [0, 0.1) is 0 Å². The molecule has 0 aliphatic carbocycles. The third-order valence-electron chi connectivity index (χ3n) is 2.23. The van der Waals surface area contributed by atoms with Crippen molar-refractivity contribution in [3.63, 3.8) is 0 Å². The number of hydrogen-bond acceptors (Lipinski definition) is 6. The molecule has 0 amide bonds. The minimum absolute atomic E-state index is 0.0281. The number of nitrogens with one attached hydrogen (secondary N) is 3. The van der Waals surface area contributed by atoms with Gasteiger partial charge in [0, 0.05) is 19.2 Å². The molecule has 0 spiro atoms. The van der Waals surface area contributed by atoms with Crippen molar-refractivity contribution in [3.8, 4) is 0 Å². The molecule has 0 bridgehead atoms. The Morgan fingerprint density at radius 2 is 2.10 bits per heavy atom. The van der Waals surface area contributed by atoms with E-state index in [4.69, 9.17) is 0 Å². The molecule has 1 aromatic heterocycles. The van der Waals surface area contributed by atoms with Crippen molar-refractivity contribution in [2.45, 2.75) is 24.7 Å². The molecule has 20 heavy (non-hydrogen) atoms. The number of carbonyl (C=O) groups excluding carboxylic acids is 1. The van der Waals surface area contributed by atoms with Gasteiger partial charge in [-0.25, -0.2) is 17.9 Å². The molecular weight excluding hydrogens is 290 g/mol. The lowest BCUT2D eigenvalue weighted by Gasteiger charge is -2.05. The van der Waals surface area contributed by atoms with E-state index in [9.17, 15) is 22.8 Å². The Morgan fingerprint density at radius 1 is 1.40 bits per heavy atom. The van der Waals surface area contributed by atoms with Gasteiger partial charge in [0.25, 0.3) is 5.56 Å². The van der Waals surface area contributed by atoms with Crippen LogP contribution in [0.1, 0.15) is 19.8 Å². The zero-order valence-corrected chi connectivity index (χ0v) is 11.6. The molecule has 0 aromatic carbocycles. The minimum atomic E-state index is -4.03. The highest BCUT2D eigenvalue weighted by Gasteiger charge is 2.18. The van der Waals surface area contributed by atoms with Crippen LogP contribution in [0.15, 0.2) is 20.7 Å². The van der Waals surface area contributed by atoms with Crippen molar-refractivity contribution < 1.29 is 17.9 Å². The van der Waals surface area contributed by atoms with E-state index in [2.05, 4.69) is 14.4 Å². The maximum atomic E-state index is 11.8. The van der Waals surface area contributed by atoms with Crippen molar-refractivity contribution >= 4 is 16.0 Å². The zero-order valence-electron chi connectivity index (χ0n) is 10.8. The zero-order chi connectivity index (χ0) is 15.2. The Labute approximate surface area is 114 Å². The van der Waals surface area contributed by atoms with Gasteiger partial charge < -0.3 is 9.72 Å². The van der Waals surface area contributed by atoms with Crippen molar-refractivity contribution in [1.82, 2.24) is 14.7 Å².